The Kier molecular flexibility index (Phi) is 5.34. The van der Waals surface area contributed by atoms with E-state index in [1.54, 1.807) is 60.9 Å². The molecule has 0 aliphatic carbocycles. The Morgan fingerprint density at radius 2 is 1.75 bits per heavy atom. The normalized spacial score (nSPS) is 14.5. The number of nitrogens with one attached hydrogen (secondary N) is 1. The van der Waals surface area contributed by atoms with Crippen LogP contribution >= 0.6 is 0 Å². The van der Waals surface area contributed by atoms with Gasteiger partial charge < -0.3 is 10.1 Å². The van der Waals surface area contributed by atoms with Crippen molar-refractivity contribution in [3.05, 3.63) is 102 Å². The van der Waals surface area contributed by atoms with E-state index >= 15 is 0 Å². The molecule has 1 atom stereocenters. The van der Waals surface area contributed by atoms with Crippen molar-refractivity contribution in [3.63, 3.8) is 0 Å². The highest BCUT2D eigenvalue weighted by Crippen LogP contribution is 2.37. The van der Waals surface area contributed by atoms with Crippen LogP contribution in [-0.4, -0.2) is 28.5 Å². The molecule has 5 nitrogen and oxygen atoms in total. The van der Waals surface area contributed by atoms with Crippen LogP contribution in [0.25, 0.3) is 22.5 Å². The van der Waals surface area contributed by atoms with E-state index in [1.807, 2.05) is 18.2 Å². The Balaban J connectivity index is 1.27. The lowest BCUT2D eigenvalue weighted by atomic mass is 10.0. The summed E-state index contributed by atoms with van der Waals surface area (Å²) < 4.78 is 20.3. The lowest BCUT2D eigenvalue weighted by Gasteiger charge is -2.13. The van der Waals surface area contributed by atoms with Crippen molar-refractivity contribution in [3.8, 4) is 28.3 Å². The van der Waals surface area contributed by atoms with E-state index in [1.165, 1.54) is 6.07 Å². The highest BCUT2D eigenvalue weighted by Gasteiger charge is 2.27. The summed E-state index contributed by atoms with van der Waals surface area (Å²) in [6.07, 6.45) is 3.90. The van der Waals surface area contributed by atoms with Gasteiger partial charge in [-0.3, -0.25) is 4.79 Å². The molecule has 1 aliphatic rings. The second-order valence-electron chi connectivity index (χ2n) is 7.58. The van der Waals surface area contributed by atoms with E-state index in [0.29, 0.717) is 35.5 Å². The molecule has 5 rings (SSSR count). The minimum absolute atomic E-state index is 0.187. The van der Waals surface area contributed by atoms with Gasteiger partial charge in [-0.15, -0.1) is 0 Å². The van der Waals surface area contributed by atoms with Crippen molar-refractivity contribution in [2.75, 3.05) is 6.54 Å². The summed E-state index contributed by atoms with van der Waals surface area (Å²) in [4.78, 5) is 21.4. The Bertz CT molecular complexity index is 1280. The second kappa shape index (κ2) is 8.59. The summed E-state index contributed by atoms with van der Waals surface area (Å²) in [7, 11) is 0. The van der Waals surface area contributed by atoms with Gasteiger partial charge >= 0.3 is 0 Å². The monoisotopic (exact) mass is 425 g/mol. The zero-order valence-electron chi connectivity index (χ0n) is 17.2. The van der Waals surface area contributed by atoms with Gasteiger partial charge in [-0.05, 0) is 41.5 Å². The number of hydrogen-bond acceptors (Lipinski definition) is 4. The van der Waals surface area contributed by atoms with E-state index < -0.39 is 0 Å². The zero-order valence-corrected chi connectivity index (χ0v) is 17.2. The van der Waals surface area contributed by atoms with Gasteiger partial charge in [0.15, 0.2) is 5.82 Å². The molecule has 4 aromatic rings. The molecule has 0 bridgehead atoms. The molecule has 0 saturated heterocycles. The first-order valence-electron chi connectivity index (χ1n) is 10.4. The van der Waals surface area contributed by atoms with E-state index in [9.17, 15) is 9.18 Å². The van der Waals surface area contributed by atoms with Crippen molar-refractivity contribution >= 4 is 5.91 Å². The fourth-order valence-corrected chi connectivity index (χ4v) is 3.90. The molecule has 0 unspecified atom stereocenters. The van der Waals surface area contributed by atoms with Crippen molar-refractivity contribution < 1.29 is 13.9 Å². The van der Waals surface area contributed by atoms with Crippen LogP contribution in [0.4, 0.5) is 4.39 Å². The fourth-order valence-electron chi connectivity index (χ4n) is 3.90. The zero-order chi connectivity index (χ0) is 21.9. The Morgan fingerprint density at radius 3 is 2.59 bits per heavy atom. The fraction of sp³-hybridized carbons (Fsp3) is 0.115. The molecule has 3 aromatic carbocycles. The van der Waals surface area contributed by atoms with Gasteiger partial charge in [0.25, 0.3) is 5.91 Å². The predicted molar refractivity (Wildman–Crippen MR) is 120 cm³/mol. The number of para-hydroxylation sites is 1. The number of rotatable bonds is 5. The van der Waals surface area contributed by atoms with Crippen molar-refractivity contribution in [2.24, 2.45) is 0 Å². The van der Waals surface area contributed by atoms with E-state index in [2.05, 4.69) is 15.3 Å². The summed E-state index contributed by atoms with van der Waals surface area (Å²) in [5, 5.41) is 2.94. The Hall–Kier alpha value is -4.06. The number of aromatic nitrogens is 2. The molecule has 2 heterocycles. The smallest absolute Gasteiger partial charge is 0.251 e. The lowest BCUT2D eigenvalue weighted by molar-refractivity contribution is 0.0933. The predicted octanol–water partition coefficient (Wildman–Crippen LogP) is 4.68. The SMILES string of the molecule is O=C(NC[C@@H]1Cc2cccc(-c3ncccn3)c2O1)c1cccc(-c2ccccc2F)c1. The second-order valence-corrected chi connectivity index (χ2v) is 7.58. The van der Waals surface area contributed by atoms with Gasteiger partial charge in [-0.2, -0.15) is 0 Å². The third-order valence-electron chi connectivity index (χ3n) is 5.44. The van der Waals surface area contributed by atoms with Gasteiger partial charge in [0.2, 0.25) is 0 Å². The molecule has 158 valence electrons. The number of benzene rings is 3. The molecule has 0 radical (unpaired) electrons. The third kappa shape index (κ3) is 3.95. The van der Waals surface area contributed by atoms with Crippen LogP contribution in [0.2, 0.25) is 0 Å². The standard InChI is InChI=1S/C26H20FN3O2/c27-23-11-2-1-9-21(23)17-6-3-8-19(14-17)26(31)30-16-20-15-18-7-4-10-22(24(18)32-20)25-28-12-5-13-29-25/h1-14,20H,15-16H2,(H,30,31)/t20-/m0/s1. The number of carbonyl (C=O) groups excluding carboxylic acids is 1. The summed E-state index contributed by atoms with van der Waals surface area (Å²) in [6.45, 7) is 0.354. The number of fused-ring (bicyclic) bond motifs is 1. The highest BCUT2D eigenvalue weighted by atomic mass is 19.1. The van der Waals surface area contributed by atoms with Gasteiger partial charge in [0.05, 0.1) is 12.1 Å². The van der Waals surface area contributed by atoms with Gasteiger partial charge in [0, 0.05) is 29.9 Å². The molecule has 0 saturated carbocycles. The molecule has 1 aromatic heterocycles. The van der Waals surface area contributed by atoms with E-state index in [-0.39, 0.29) is 17.8 Å². The number of nitrogens with zero attached hydrogens (tertiary/aromatic N) is 2. The van der Waals surface area contributed by atoms with Crippen molar-refractivity contribution in [1.82, 2.24) is 15.3 Å². The molecule has 1 N–H and O–H groups in total. The summed E-state index contributed by atoms with van der Waals surface area (Å²) in [5.41, 5.74) is 3.50. The number of carbonyl (C=O) groups is 1. The van der Waals surface area contributed by atoms with Crippen molar-refractivity contribution in [2.45, 2.75) is 12.5 Å². The average Bonchev–Trinajstić information content (AvgIpc) is 3.27. The van der Waals surface area contributed by atoms with Gasteiger partial charge in [0.1, 0.15) is 17.7 Å². The largest absolute Gasteiger partial charge is 0.487 e. The summed E-state index contributed by atoms with van der Waals surface area (Å²) in [6, 6.07) is 21.2. The highest BCUT2D eigenvalue weighted by molar-refractivity contribution is 5.95. The van der Waals surface area contributed by atoms with Crippen LogP contribution in [-0.2, 0) is 6.42 Å². The maximum atomic E-state index is 14.1. The van der Waals surface area contributed by atoms with Gasteiger partial charge in [-0.1, -0.05) is 42.5 Å². The molecule has 0 spiro atoms. The molecule has 1 amide bonds. The summed E-state index contributed by atoms with van der Waals surface area (Å²) >= 11 is 0. The molecule has 32 heavy (non-hydrogen) atoms. The quantitative estimate of drug-likeness (QED) is 0.504. The number of ether oxygens (including phenoxy) is 1. The molecule has 0 fully saturated rings. The van der Waals surface area contributed by atoms with Crippen LogP contribution in [0.5, 0.6) is 5.75 Å². The molecule has 1 aliphatic heterocycles. The molecular weight excluding hydrogens is 405 g/mol. The van der Waals surface area contributed by atoms with Crippen LogP contribution in [0.3, 0.4) is 0 Å². The minimum Gasteiger partial charge on any atom is -0.487 e. The third-order valence-corrected chi connectivity index (χ3v) is 5.44. The number of hydrogen-bond donors (Lipinski definition) is 1. The molecular formula is C26H20FN3O2. The van der Waals surface area contributed by atoms with Crippen molar-refractivity contribution in [1.29, 1.82) is 0 Å². The number of amides is 1. The topological polar surface area (TPSA) is 64.1 Å². The van der Waals surface area contributed by atoms with Crippen LogP contribution in [0, 0.1) is 5.82 Å². The van der Waals surface area contributed by atoms with Crippen LogP contribution in [0.15, 0.2) is 85.2 Å². The summed E-state index contributed by atoms with van der Waals surface area (Å²) in [5.74, 6) is 0.827. The maximum absolute atomic E-state index is 14.1. The minimum atomic E-state index is -0.319. The average molecular weight is 425 g/mol. The van der Waals surface area contributed by atoms with E-state index in [0.717, 1.165) is 16.9 Å². The van der Waals surface area contributed by atoms with Crippen LogP contribution < -0.4 is 10.1 Å². The first kappa shape index (κ1) is 19.9. The maximum Gasteiger partial charge on any atom is 0.251 e. The van der Waals surface area contributed by atoms with Gasteiger partial charge in [-0.25, -0.2) is 14.4 Å². The Labute approximate surface area is 184 Å². The molecule has 6 heteroatoms. The first-order valence-corrected chi connectivity index (χ1v) is 10.4. The van der Waals surface area contributed by atoms with Crippen LogP contribution in [0.1, 0.15) is 15.9 Å². The first-order chi connectivity index (χ1) is 15.7. The van der Waals surface area contributed by atoms with E-state index in [4.69, 9.17) is 4.74 Å². The lowest BCUT2D eigenvalue weighted by Crippen LogP contribution is -2.34. The number of halogens is 1. The Morgan fingerprint density at radius 1 is 0.969 bits per heavy atom.